The van der Waals surface area contributed by atoms with E-state index in [0.29, 0.717) is 19.4 Å². The molecule has 11 N–H and O–H groups in total. The van der Waals surface area contributed by atoms with Gasteiger partial charge in [-0.05, 0) is 40.3 Å². The molecule has 0 aromatic carbocycles. The van der Waals surface area contributed by atoms with Gasteiger partial charge in [-0.3, -0.25) is 0 Å². The van der Waals surface area contributed by atoms with Gasteiger partial charge in [0.25, 0.3) is 0 Å². The monoisotopic (exact) mass is 463 g/mol. The van der Waals surface area contributed by atoms with Crippen LogP contribution >= 0.6 is 0 Å². The first kappa shape index (κ1) is 26.1. The molecule has 2 saturated heterocycles. The van der Waals surface area contributed by atoms with Crippen LogP contribution in [0.1, 0.15) is 26.2 Å². The van der Waals surface area contributed by atoms with Crippen LogP contribution in [-0.2, 0) is 18.9 Å². The molecule has 0 radical (unpaired) electrons. The Morgan fingerprint density at radius 1 is 1.00 bits per heavy atom. The highest BCUT2D eigenvalue weighted by Crippen LogP contribution is 2.31. The SMILES string of the molecule is CN[C@@H]1[C@@H](O)[C@@H](O[C@@H]2[C@@H](O)[C@H](O[C@H]3O[C@H](CN)CC[C@H]3N)[C@@H](N)C[C@H]2NC)OC[C@]1(C)O. The zero-order chi connectivity index (χ0) is 23.6. The second-order valence-corrected chi connectivity index (χ2v) is 9.38. The van der Waals surface area contributed by atoms with E-state index < -0.39 is 54.7 Å². The van der Waals surface area contributed by atoms with E-state index in [4.69, 9.17) is 36.1 Å². The molecule has 12 heteroatoms. The fourth-order valence-electron chi connectivity index (χ4n) is 4.93. The smallest absolute Gasteiger partial charge is 0.185 e. The highest BCUT2D eigenvalue weighted by Gasteiger charge is 2.51. The molecule has 0 unspecified atom stereocenters. The molecule has 3 fully saturated rings. The lowest BCUT2D eigenvalue weighted by molar-refractivity contribution is -0.307. The number of aliphatic hydroxyl groups excluding tert-OH is 2. The van der Waals surface area contributed by atoms with E-state index in [1.54, 1.807) is 21.0 Å². The van der Waals surface area contributed by atoms with Gasteiger partial charge in [-0.2, -0.15) is 0 Å². The third-order valence-corrected chi connectivity index (χ3v) is 6.87. The summed E-state index contributed by atoms with van der Waals surface area (Å²) in [6, 6.07) is -1.85. The minimum absolute atomic E-state index is 0.0437. The summed E-state index contributed by atoms with van der Waals surface area (Å²) in [5.41, 5.74) is 17.0. The predicted octanol–water partition coefficient (Wildman–Crippen LogP) is -3.72. The number of ether oxygens (including phenoxy) is 4. The van der Waals surface area contributed by atoms with Gasteiger partial charge < -0.3 is 62.1 Å². The van der Waals surface area contributed by atoms with Crippen molar-refractivity contribution < 1.29 is 34.3 Å². The van der Waals surface area contributed by atoms with Crippen LogP contribution in [0.15, 0.2) is 0 Å². The number of nitrogens with one attached hydrogen (secondary N) is 2. The summed E-state index contributed by atoms with van der Waals surface area (Å²) < 4.78 is 23.6. The second kappa shape index (κ2) is 10.8. The van der Waals surface area contributed by atoms with Gasteiger partial charge in [0.15, 0.2) is 12.6 Å². The Kier molecular flexibility index (Phi) is 8.86. The van der Waals surface area contributed by atoms with Crippen LogP contribution in [0, 0.1) is 0 Å². The summed E-state index contributed by atoms with van der Waals surface area (Å²) in [7, 11) is 3.38. The summed E-state index contributed by atoms with van der Waals surface area (Å²) in [6.45, 7) is 1.88. The van der Waals surface area contributed by atoms with Crippen molar-refractivity contribution in [3.05, 3.63) is 0 Å². The normalized spacial score (nSPS) is 50.3. The summed E-state index contributed by atoms with van der Waals surface area (Å²) in [5.74, 6) is 0. The van der Waals surface area contributed by atoms with Crippen molar-refractivity contribution in [2.75, 3.05) is 27.2 Å². The largest absolute Gasteiger partial charge is 0.388 e. The topological polar surface area (TPSA) is 200 Å². The lowest BCUT2D eigenvalue weighted by atomic mass is 9.83. The van der Waals surface area contributed by atoms with E-state index in [9.17, 15) is 15.3 Å². The van der Waals surface area contributed by atoms with Crippen molar-refractivity contribution in [3.63, 3.8) is 0 Å². The van der Waals surface area contributed by atoms with Crippen molar-refractivity contribution in [2.24, 2.45) is 17.2 Å². The highest BCUT2D eigenvalue weighted by molar-refractivity contribution is 5.02. The number of likely N-dealkylation sites (N-methyl/N-ethyl adjacent to an activating group) is 2. The number of hydrogen-bond acceptors (Lipinski definition) is 12. The first-order chi connectivity index (χ1) is 15.1. The minimum Gasteiger partial charge on any atom is -0.388 e. The maximum atomic E-state index is 11.2. The van der Waals surface area contributed by atoms with Crippen molar-refractivity contribution in [1.82, 2.24) is 10.6 Å². The Morgan fingerprint density at radius 3 is 2.31 bits per heavy atom. The molecule has 2 heterocycles. The molecule has 0 aromatic rings. The fraction of sp³-hybridized carbons (Fsp3) is 1.00. The maximum Gasteiger partial charge on any atom is 0.185 e. The molecule has 3 aliphatic rings. The zero-order valence-electron chi connectivity index (χ0n) is 19.1. The molecule has 0 bridgehead atoms. The first-order valence-corrected chi connectivity index (χ1v) is 11.3. The fourth-order valence-corrected chi connectivity index (χ4v) is 4.93. The predicted molar refractivity (Wildman–Crippen MR) is 115 cm³/mol. The number of nitrogens with two attached hydrogens (primary N) is 3. The maximum absolute atomic E-state index is 11.2. The molecular formula is C20H41N5O7. The molecule has 1 aliphatic carbocycles. The van der Waals surface area contributed by atoms with Gasteiger partial charge in [0.05, 0.1) is 24.8 Å². The van der Waals surface area contributed by atoms with Crippen LogP contribution in [0.3, 0.4) is 0 Å². The minimum atomic E-state index is -1.27. The van der Waals surface area contributed by atoms with Gasteiger partial charge in [-0.25, -0.2) is 0 Å². The first-order valence-electron chi connectivity index (χ1n) is 11.3. The number of hydrogen-bond donors (Lipinski definition) is 8. The molecule has 3 rings (SSSR count). The van der Waals surface area contributed by atoms with Crippen LogP contribution < -0.4 is 27.8 Å². The second-order valence-electron chi connectivity index (χ2n) is 9.38. The molecule has 0 amide bonds. The number of aliphatic hydroxyl groups is 3. The average Bonchev–Trinajstić information content (AvgIpc) is 2.75. The Bertz CT molecular complexity index is 603. The standard InChI is InChI=1S/C20H41N5O7/c1-20(28)8-29-19(14(27)17(20)25-3)32-16-12(24-2)6-11(23)15(13(16)26)31-18-10(22)5-4-9(7-21)30-18/h9-19,24-28H,4-8,21-23H2,1-3H3/t9-,10+,11-,12+,13-,14+,15+,16-,17+,18+,19+,20-/m0/s1. The van der Waals surface area contributed by atoms with Crippen molar-refractivity contribution in [1.29, 1.82) is 0 Å². The average molecular weight is 464 g/mol. The quantitative estimate of drug-likeness (QED) is 0.184. The van der Waals surface area contributed by atoms with Crippen LogP contribution in [0.25, 0.3) is 0 Å². The molecule has 0 spiro atoms. The van der Waals surface area contributed by atoms with E-state index in [-0.39, 0.29) is 24.8 Å². The third kappa shape index (κ3) is 5.43. The molecule has 12 nitrogen and oxygen atoms in total. The van der Waals surface area contributed by atoms with E-state index >= 15 is 0 Å². The van der Waals surface area contributed by atoms with Crippen molar-refractivity contribution >= 4 is 0 Å². The van der Waals surface area contributed by atoms with Gasteiger partial charge >= 0.3 is 0 Å². The van der Waals surface area contributed by atoms with Crippen LogP contribution in [-0.4, -0.2) is 115 Å². The molecule has 2 aliphatic heterocycles. The Hall–Kier alpha value is -0.480. The molecule has 12 atom stereocenters. The Labute approximate surface area is 189 Å². The molecular weight excluding hydrogens is 422 g/mol. The summed E-state index contributed by atoms with van der Waals surface area (Å²) in [5, 5.41) is 38.4. The van der Waals surface area contributed by atoms with Crippen LogP contribution in [0.2, 0.25) is 0 Å². The summed E-state index contributed by atoms with van der Waals surface area (Å²) >= 11 is 0. The molecule has 1 saturated carbocycles. The summed E-state index contributed by atoms with van der Waals surface area (Å²) in [6.07, 6.45) is -3.99. The van der Waals surface area contributed by atoms with Gasteiger partial charge in [-0.1, -0.05) is 0 Å². The van der Waals surface area contributed by atoms with Crippen LogP contribution in [0.5, 0.6) is 0 Å². The zero-order valence-corrected chi connectivity index (χ0v) is 19.1. The van der Waals surface area contributed by atoms with Crippen LogP contribution in [0.4, 0.5) is 0 Å². The van der Waals surface area contributed by atoms with Crippen molar-refractivity contribution in [2.45, 2.75) is 99.1 Å². The Morgan fingerprint density at radius 2 is 1.69 bits per heavy atom. The van der Waals surface area contributed by atoms with E-state index in [2.05, 4.69) is 10.6 Å². The Balaban J connectivity index is 1.72. The highest BCUT2D eigenvalue weighted by atomic mass is 16.7. The lowest BCUT2D eigenvalue weighted by Crippen LogP contribution is -2.69. The van der Waals surface area contributed by atoms with Gasteiger partial charge in [0, 0.05) is 18.6 Å². The molecule has 0 aromatic heterocycles. The number of rotatable bonds is 7. The lowest BCUT2D eigenvalue weighted by Gasteiger charge is -2.49. The third-order valence-electron chi connectivity index (χ3n) is 6.87. The van der Waals surface area contributed by atoms with Gasteiger partial charge in [-0.15, -0.1) is 0 Å². The van der Waals surface area contributed by atoms with Crippen molar-refractivity contribution in [3.8, 4) is 0 Å². The van der Waals surface area contributed by atoms with E-state index in [1.807, 2.05) is 0 Å². The van der Waals surface area contributed by atoms with Gasteiger partial charge in [0.1, 0.15) is 30.0 Å². The van der Waals surface area contributed by atoms with E-state index in [0.717, 1.165) is 6.42 Å². The summed E-state index contributed by atoms with van der Waals surface area (Å²) in [4.78, 5) is 0. The van der Waals surface area contributed by atoms with Gasteiger partial charge in [0.2, 0.25) is 0 Å². The van der Waals surface area contributed by atoms with E-state index in [1.165, 1.54) is 0 Å². The molecule has 32 heavy (non-hydrogen) atoms. The molecule has 188 valence electrons.